The van der Waals surface area contributed by atoms with Crippen LogP contribution in [0.2, 0.25) is 0 Å². The van der Waals surface area contributed by atoms with Crippen LogP contribution in [0.3, 0.4) is 0 Å². The van der Waals surface area contributed by atoms with Crippen LogP contribution in [0.25, 0.3) is 0 Å². The lowest BCUT2D eigenvalue weighted by Gasteiger charge is -2.23. The zero-order chi connectivity index (χ0) is 13.0. The van der Waals surface area contributed by atoms with E-state index in [1.807, 2.05) is 0 Å². The van der Waals surface area contributed by atoms with Crippen molar-refractivity contribution in [1.82, 2.24) is 0 Å². The zero-order valence-electron chi connectivity index (χ0n) is 12.8. The third-order valence-electron chi connectivity index (χ3n) is 3.24. The van der Waals surface area contributed by atoms with E-state index in [9.17, 15) is 0 Å². The van der Waals surface area contributed by atoms with Crippen LogP contribution in [0.5, 0.6) is 0 Å². The summed E-state index contributed by atoms with van der Waals surface area (Å²) in [7, 11) is 6.81. The minimum Gasteiger partial charge on any atom is -1.00 e. The maximum absolute atomic E-state index is 8.65. The summed E-state index contributed by atoms with van der Waals surface area (Å²) in [6, 6.07) is 0. The van der Waals surface area contributed by atoms with Gasteiger partial charge >= 0.3 is 0 Å². The zero-order valence-corrected chi connectivity index (χ0v) is 12.8. The van der Waals surface area contributed by atoms with Gasteiger partial charge in [-0.15, -0.1) is 0 Å². The quantitative estimate of drug-likeness (QED) is 0.404. The molecule has 0 aromatic heterocycles. The molecular formula is C15H34FNO. The molecule has 0 aliphatic rings. The molecule has 1 N–H and O–H groups in total. The molecule has 0 fully saturated rings. The van der Waals surface area contributed by atoms with Gasteiger partial charge in [0.25, 0.3) is 0 Å². The van der Waals surface area contributed by atoms with Crippen molar-refractivity contribution in [3.8, 4) is 0 Å². The van der Waals surface area contributed by atoms with Crippen molar-refractivity contribution >= 4 is 0 Å². The molecule has 0 radical (unpaired) electrons. The van der Waals surface area contributed by atoms with E-state index in [1.54, 1.807) is 0 Å². The molecule has 0 saturated heterocycles. The Kier molecular flexibility index (Phi) is 14.9. The van der Waals surface area contributed by atoms with Crippen molar-refractivity contribution < 1.29 is 14.3 Å². The van der Waals surface area contributed by atoms with E-state index < -0.39 is 0 Å². The van der Waals surface area contributed by atoms with Gasteiger partial charge in [-0.2, -0.15) is 0 Å². The number of aliphatic hydroxyl groups excluding tert-OH is 1. The van der Waals surface area contributed by atoms with Gasteiger partial charge in [-0.05, 0) is 19.3 Å². The van der Waals surface area contributed by atoms with Gasteiger partial charge in [-0.3, -0.25) is 0 Å². The number of hydrogen-bond acceptors (Lipinski definition) is 1. The Labute approximate surface area is 113 Å². The van der Waals surface area contributed by atoms with Crippen molar-refractivity contribution in [3.05, 3.63) is 0 Å². The molecule has 0 bridgehead atoms. The maximum atomic E-state index is 8.65. The number of rotatable bonds is 12. The molecule has 3 heteroatoms. The number of quaternary nitrogens is 1. The lowest BCUT2D eigenvalue weighted by molar-refractivity contribution is -0.870. The number of nitrogens with zero attached hydrogens (tertiary/aromatic N) is 1. The van der Waals surface area contributed by atoms with Crippen molar-refractivity contribution in [2.75, 3.05) is 34.3 Å². The Hall–Kier alpha value is -0.150. The molecule has 0 aliphatic heterocycles. The lowest BCUT2D eigenvalue weighted by Crippen LogP contribution is -3.00. The molecule has 2 nitrogen and oxygen atoms in total. The highest BCUT2D eigenvalue weighted by atomic mass is 19.0. The Morgan fingerprint density at radius 1 is 0.611 bits per heavy atom. The van der Waals surface area contributed by atoms with E-state index in [0.717, 1.165) is 10.9 Å². The molecule has 0 saturated carbocycles. The summed E-state index contributed by atoms with van der Waals surface area (Å²) in [6.45, 7) is 1.67. The summed E-state index contributed by atoms with van der Waals surface area (Å²) in [4.78, 5) is 0. The summed E-state index contributed by atoms with van der Waals surface area (Å²) in [5.41, 5.74) is 0. The van der Waals surface area contributed by atoms with Crippen LogP contribution in [-0.2, 0) is 0 Å². The Morgan fingerprint density at radius 2 is 0.944 bits per heavy atom. The third kappa shape index (κ3) is 18.2. The van der Waals surface area contributed by atoms with Gasteiger partial charge in [0.15, 0.2) is 0 Å². The van der Waals surface area contributed by atoms with E-state index in [-0.39, 0.29) is 4.70 Å². The summed E-state index contributed by atoms with van der Waals surface area (Å²) in [5, 5.41) is 8.65. The largest absolute Gasteiger partial charge is 1.00 e. The van der Waals surface area contributed by atoms with Gasteiger partial charge in [-0.1, -0.05) is 44.9 Å². The van der Waals surface area contributed by atoms with Crippen LogP contribution in [0.1, 0.15) is 64.2 Å². The normalized spacial score (nSPS) is 11.3. The fourth-order valence-electron chi connectivity index (χ4n) is 2.11. The van der Waals surface area contributed by atoms with Crippen LogP contribution in [-0.4, -0.2) is 43.9 Å². The average Bonchev–Trinajstić information content (AvgIpc) is 2.24. The number of aliphatic hydroxyl groups is 1. The van der Waals surface area contributed by atoms with E-state index in [0.29, 0.717) is 6.61 Å². The lowest BCUT2D eigenvalue weighted by atomic mass is 10.1. The van der Waals surface area contributed by atoms with Crippen LogP contribution in [0, 0.1) is 0 Å². The molecule has 112 valence electrons. The molecule has 18 heavy (non-hydrogen) atoms. The SMILES string of the molecule is C[N+](C)(C)CCCCCCCCCCCCO.[F-]. The van der Waals surface area contributed by atoms with Gasteiger partial charge in [0.1, 0.15) is 0 Å². The molecule has 0 atom stereocenters. The predicted molar refractivity (Wildman–Crippen MR) is 76.2 cm³/mol. The monoisotopic (exact) mass is 263 g/mol. The average molecular weight is 263 g/mol. The highest BCUT2D eigenvalue weighted by molar-refractivity contribution is 4.47. The Morgan fingerprint density at radius 3 is 1.28 bits per heavy atom. The van der Waals surface area contributed by atoms with Crippen LogP contribution < -0.4 is 4.70 Å². The van der Waals surface area contributed by atoms with Crippen molar-refractivity contribution in [3.63, 3.8) is 0 Å². The first-order valence-corrected chi connectivity index (χ1v) is 7.47. The van der Waals surface area contributed by atoms with Crippen molar-refractivity contribution in [1.29, 1.82) is 0 Å². The highest BCUT2D eigenvalue weighted by Gasteiger charge is 2.04. The predicted octanol–water partition coefficient (Wildman–Crippen LogP) is 0.590. The second-order valence-electron chi connectivity index (χ2n) is 6.27. The molecule has 0 rings (SSSR count). The van der Waals surface area contributed by atoms with Gasteiger partial charge in [-0.25, -0.2) is 0 Å². The third-order valence-corrected chi connectivity index (χ3v) is 3.24. The summed E-state index contributed by atoms with van der Waals surface area (Å²) in [6.07, 6.45) is 13.3. The molecule has 0 aromatic rings. The van der Waals surface area contributed by atoms with E-state index in [2.05, 4.69) is 21.1 Å². The second kappa shape index (κ2) is 13.3. The van der Waals surface area contributed by atoms with Crippen LogP contribution in [0.15, 0.2) is 0 Å². The molecule has 0 aliphatic carbocycles. The fourth-order valence-corrected chi connectivity index (χ4v) is 2.11. The summed E-state index contributed by atoms with van der Waals surface area (Å²) >= 11 is 0. The van der Waals surface area contributed by atoms with E-state index in [4.69, 9.17) is 5.11 Å². The molecule has 0 spiro atoms. The topological polar surface area (TPSA) is 20.2 Å². The van der Waals surface area contributed by atoms with Crippen LogP contribution in [0.4, 0.5) is 0 Å². The van der Waals surface area contributed by atoms with Crippen LogP contribution >= 0.6 is 0 Å². The smallest absolute Gasteiger partial charge is 0.0780 e. The fraction of sp³-hybridized carbons (Fsp3) is 1.00. The van der Waals surface area contributed by atoms with Gasteiger partial charge in [0, 0.05) is 6.61 Å². The first kappa shape index (κ1) is 20.2. The van der Waals surface area contributed by atoms with Gasteiger partial charge < -0.3 is 14.3 Å². The van der Waals surface area contributed by atoms with Gasteiger partial charge in [0.2, 0.25) is 0 Å². The number of unbranched alkanes of at least 4 members (excludes halogenated alkanes) is 9. The highest BCUT2D eigenvalue weighted by Crippen LogP contribution is 2.11. The van der Waals surface area contributed by atoms with Crippen molar-refractivity contribution in [2.45, 2.75) is 64.2 Å². The van der Waals surface area contributed by atoms with Crippen molar-refractivity contribution in [2.24, 2.45) is 0 Å². The molecule has 0 amide bonds. The Balaban J connectivity index is 0. The van der Waals surface area contributed by atoms with E-state index in [1.165, 1.54) is 64.3 Å². The minimum absolute atomic E-state index is 0. The number of halogens is 1. The first-order valence-electron chi connectivity index (χ1n) is 7.47. The maximum Gasteiger partial charge on any atom is 0.0780 e. The standard InChI is InChI=1S/C15H34NO.FH/c1-16(2,3)14-12-10-8-6-4-5-7-9-11-13-15-17;/h17H,4-15H2,1-3H3;1H/q+1;/p-1. The van der Waals surface area contributed by atoms with Gasteiger partial charge in [0.05, 0.1) is 27.7 Å². The first-order chi connectivity index (χ1) is 8.06. The number of hydrogen-bond donors (Lipinski definition) is 1. The molecule has 0 unspecified atom stereocenters. The molecular weight excluding hydrogens is 229 g/mol. The molecule has 0 heterocycles. The summed E-state index contributed by atoms with van der Waals surface area (Å²) < 4.78 is 1.10. The van der Waals surface area contributed by atoms with E-state index >= 15 is 0 Å². The second-order valence-corrected chi connectivity index (χ2v) is 6.27. The molecule has 0 aromatic carbocycles. The Bertz CT molecular complexity index is 157. The summed E-state index contributed by atoms with van der Waals surface area (Å²) in [5.74, 6) is 0. The minimum atomic E-state index is 0.